The number of rotatable bonds is 9. The van der Waals surface area contributed by atoms with E-state index in [-0.39, 0.29) is 6.61 Å². The first-order valence-corrected chi connectivity index (χ1v) is 9.13. The van der Waals surface area contributed by atoms with Crippen LogP contribution < -0.4 is 15.4 Å². The van der Waals surface area contributed by atoms with Crippen molar-refractivity contribution in [3.8, 4) is 5.88 Å². The Morgan fingerprint density at radius 1 is 1.07 bits per heavy atom. The third-order valence-corrected chi connectivity index (χ3v) is 3.79. The number of benzene rings is 1. The van der Waals surface area contributed by atoms with Crippen LogP contribution in [0.3, 0.4) is 0 Å². The van der Waals surface area contributed by atoms with E-state index in [1.165, 1.54) is 0 Å². The highest BCUT2D eigenvalue weighted by molar-refractivity contribution is 5.79. The highest BCUT2D eigenvalue weighted by Crippen LogP contribution is 2.16. The highest BCUT2D eigenvalue weighted by Gasteiger charge is 2.27. The smallest absolute Gasteiger partial charge is 0.411 e. The molecule has 2 N–H and O–H groups in total. The lowest BCUT2D eigenvalue weighted by Crippen LogP contribution is -2.36. The van der Waals surface area contributed by atoms with Crippen LogP contribution in [0.2, 0.25) is 0 Å². The van der Waals surface area contributed by atoms with Crippen LogP contribution in [0.25, 0.3) is 0 Å². The van der Waals surface area contributed by atoms with Crippen molar-refractivity contribution in [2.24, 2.45) is 4.99 Å². The molecule has 0 aliphatic rings. The fraction of sp³-hybridized carbons (Fsp3) is 0.400. The largest absolute Gasteiger partial charge is 0.481 e. The molecule has 1 heterocycles. The molecule has 0 radical (unpaired) electrons. The number of hydrogen-bond donors (Lipinski definition) is 2. The lowest BCUT2D eigenvalue weighted by Gasteiger charge is -2.12. The molecular weight excluding hydrogens is 385 g/mol. The van der Waals surface area contributed by atoms with Crippen LogP contribution in [0.5, 0.6) is 5.88 Å². The Hall–Kier alpha value is -2.81. The maximum Gasteiger partial charge on any atom is 0.411 e. The Morgan fingerprint density at radius 3 is 2.45 bits per heavy atom. The van der Waals surface area contributed by atoms with E-state index in [1.54, 1.807) is 25.4 Å². The van der Waals surface area contributed by atoms with Crippen molar-refractivity contribution in [3.05, 3.63) is 59.3 Å². The molecule has 1 aromatic heterocycles. The summed E-state index contributed by atoms with van der Waals surface area (Å²) in [6, 6.07) is 10.9. The Morgan fingerprint density at radius 2 is 1.79 bits per heavy atom. The van der Waals surface area contributed by atoms with Crippen LogP contribution in [0.4, 0.5) is 13.2 Å². The Kier molecular flexibility index (Phi) is 8.72. The fourth-order valence-corrected chi connectivity index (χ4v) is 2.40. The molecule has 0 fully saturated rings. The normalized spacial score (nSPS) is 12.0. The van der Waals surface area contributed by atoms with E-state index in [0.717, 1.165) is 11.1 Å². The molecule has 0 unspecified atom stereocenters. The summed E-state index contributed by atoms with van der Waals surface area (Å²) in [7, 11) is 1.56. The average Bonchev–Trinajstić information content (AvgIpc) is 2.70. The molecule has 0 aliphatic heterocycles. The zero-order valence-electron chi connectivity index (χ0n) is 16.4. The number of aliphatic imine (C=N–C) groups is 1. The van der Waals surface area contributed by atoms with Crippen molar-refractivity contribution >= 4 is 5.96 Å². The summed E-state index contributed by atoms with van der Waals surface area (Å²) in [4.78, 5) is 8.61. The summed E-state index contributed by atoms with van der Waals surface area (Å²) >= 11 is 0. The SMILES string of the molecule is CCNC(=NCc1ccnc(OC)c1)NCc1ccc(COCC(F)(F)F)cc1. The summed E-state index contributed by atoms with van der Waals surface area (Å²) < 4.78 is 46.1. The van der Waals surface area contributed by atoms with Gasteiger partial charge in [0.25, 0.3) is 0 Å². The second kappa shape index (κ2) is 11.3. The van der Waals surface area contributed by atoms with E-state index in [4.69, 9.17) is 4.74 Å². The molecule has 2 aromatic rings. The van der Waals surface area contributed by atoms with E-state index in [1.807, 2.05) is 31.2 Å². The first kappa shape index (κ1) is 22.5. The molecule has 29 heavy (non-hydrogen) atoms. The van der Waals surface area contributed by atoms with Crippen molar-refractivity contribution in [3.63, 3.8) is 0 Å². The molecule has 1 aromatic carbocycles. The minimum Gasteiger partial charge on any atom is -0.481 e. The molecule has 2 rings (SSSR count). The average molecular weight is 410 g/mol. The number of aromatic nitrogens is 1. The quantitative estimate of drug-likeness (QED) is 0.490. The number of halogens is 3. The van der Waals surface area contributed by atoms with Crippen LogP contribution in [0.15, 0.2) is 47.6 Å². The molecule has 0 aliphatic carbocycles. The predicted molar refractivity (Wildman–Crippen MR) is 105 cm³/mol. The van der Waals surface area contributed by atoms with Gasteiger partial charge in [0.1, 0.15) is 6.61 Å². The van der Waals surface area contributed by atoms with Gasteiger partial charge in [-0.25, -0.2) is 9.98 Å². The minimum absolute atomic E-state index is 0.0767. The highest BCUT2D eigenvalue weighted by atomic mass is 19.4. The number of hydrogen-bond acceptors (Lipinski definition) is 4. The summed E-state index contributed by atoms with van der Waals surface area (Å²) in [6.45, 7) is 2.34. The number of methoxy groups -OCH3 is 1. The van der Waals surface area contributed by atoms with Gasteiger partial charge in [0.2, 0.25) is 5.88 Å². The molecular formula is C20H25F3N4O2. The molecule has 0 bridgehead atoms. The number of nitrogens with one attached hydrogen (secondary N) is 2. The van der Waals surface area contributed by atoms with E-state index in [0.29, 0.717) is 37.0 Å². The standard InChI is InChI=1S/C20H25F3N4O2/c1-3-24-19(27-12-17-8-9-25-18(10-17)28-2)26-11-15-4-6-16(7-5-15)13-29-14-20(21,22)23/h4-10H,3,11-14H2,1-2H3,(H2,24,26,27). The van der Waals surface area contributed by atoms with Gasteiger partial charge < -0.3 is 20.1 Å². The van der Waals surface area contributed by atoms with E-state index < -0.39 is 12.8 Å². The van der Waals surface area contributed by atoms with Crippen molar-refractivity contribution < 1.29 is 22.6 Å². The fourth-order valence-electron chi connectivity index (χ4n) is 2.40. The third-order valence-electron chi connectivity index (χ3n) is 3.79. The number of guanidine groups is 1. The molecule has 0 saturated heterocycles. The number of nitrogens with zero attached hydrogens (tertiary/aromatic N) is 2. The number of ether oxygens (including phenoxy) is 2. The number of pyridine rings is 1. The Balaban J connectivity index is 1.87. The summed E-state index contributed by atoms with van der Waals surface area (Å²) in [5.74, 6) is 1.19. The second-order valence-electron chi connectivity index (χ2n) is 6.18. The predicted octanol–water partition coefficient (Wildman–Crippen LogP) is 3.42. The molecule has 0 spiro atoms. The van der Waals surface area contributed by atoms with Crippen LogP contribution >= 0.6 is 0 Å². The van der Waals surface area contributed by atoms with Crippen LogP contribution in [0, 0.1) is 0 Å². The molecule has 9 heteroatoms. The molecule has 6 nitrogen and oxygen atoms in total. The first-order chi connectivity index (χ1) is 13.9. The minimum atomic E-state index is -4.31. The molecule has 158 valence electrons. The van der Waals surface area contributed by atoms with Gasteiger partial charge in [-0.05, 0) is 29.7 Å². The van der Waals surface area contributed by atoms with Gasteiger partial charge in [-0.15, -0.1) is 0 Å². The lowest BCUT2D eigenvalue weighted by atomic mass is 10.1. The van der Waals surface area contributed by atoms with E-state index in [9.17, 15) is 13.2 Å². The first-order valence-electron chi connectivity index (χ1n) is 9.13. The van der Waals surface area contributed by atoms with Gasteiger partial charge in [-0.2, -0.15) is 13.2 Å². The summed E-state index contributed by atoms with van der Waals surface area (Å²) in [5.41, 5.74) is 2.63. The van der Waals surface area contributed by atoms with Crippen LogP contribution in [0.1, 0.15) is 23.6 Å². The summed E-state index contributed by atoms with van der Waals surface area (Å²) in [6.07, 6.45) is -2.64. The lowest BCUT2D eigenvalue weighted by molar-refractivity contribution is -0.176. The van der Waals surface area contributed by atoms with E-state index in [2.05, 4.69) is 25.3 Å². The Bertz CT molecular complexity index is 780. The van der Waals surface area contributed by atoms with Gasteiger partial charge >= 0.3 is 6.18 Å². The zero-order valence-corrected chi connectivity index (χ0v) is 16.4. The third kappa shape index (κ3) is 8.82. The van der Waals surface area contributed by atoms with Crippen molar-refractivity contribution in [1.82, 2.24) is 15.6 Å². The van der Waals surface area contributed by atoms with Gasteiger partial charge in [0, 0.05) is 25.4 Å². The second-order valence-corrected chi connectivity index (χ2v) is 6.18. The topological polar surface area (TPSA) is 67.8 Å². The number of alkyl halides is 3. The van der Waals surface area contributed by atoms with Gasteiger partial charge in [0.15, 0.2) is 5.96 Å². The van der Waals surface area contributed by atoms with Crippen molar-refractivity contribution in [2.75, 3.05) is 20.3 Å². The van der Waals surface area contributed by atoms with Crippen LogP contribution in [-0.4, -0.2) is 37.4 Å². The monoisotopic (exact) mass is 410 g/mol. The van der Waals surface area contributed by atoms with Crippen LogP contribution in [-0.2, 0) is 24.4 Å². The maximum atomic E-state index is 12.1. The molecule has 0 amide bonds. The van der Waals surface area contributed by atoms with Crippen molar-refractivity contribution in [1.29, 1.82) is 0 Å². The Labute approximate surface area is 168 Å². The van der Waals surface area contributed by atoms with Gasteiger partial charge in [0.05, 0.1) is 20.3 Å². The zero-order chi connectivity index (χ0) is 21.1. The van der Waals surface area contributed by atoms with Gasteiger partial charge in [-0.1, -0.05) is 24.3 Å². The van der Waals surface area contributed by atoms with E-state index >= 15 is 0 Å². The maximum absolute atomic E-state index is 12.1. The van der Waals surface area contributed by atoms with Crippen molar-refractivity contribution in [2.45, 2.75) is 32.8 Å². The molecule has 0 atom stereocenters. The summed E-state index contributed by atoms with van der Waals surface area (Å²) in [5, 5.41) is 6.40. The molecule has 0 saturated carbocycles. The van der Waals surface area contributed by atoms with Gasteiger partial charge in [-0.3, -0.25) is 0 Å².